The minimum absolute atomic E-state index is 0.0277. The first-order valence-electron chi connectivity index (χ1n) is 6.29. The van der Waals surface area contributed by atoms with E-state index in [4.69, 9.17) is 5.41 Å². The van der Waals surface area contributed by atoms with Crippen molar-refractivity contribution in [3.05, 3.63) is 34.4 Å². The van der Waals surface area contributed by atoms with E-state index in [-0.39, 0.29) is 11.6 Å². The molecule has 0 radical (unpaired) electrons. The van der Waals surface area contributed by atoms with Crippen molar-refractivity contribution in [1.29, 1.82) is 0 Å². The number of carbonyl (C=O) groups excluding carboxylic acids is 1. The van der Waals surface area contributed by atoms with Crippen LogP contribution in [0, 0.1) is 16.0 Å². The van der Waals surface area contributed by atoms with E-state index in [2.05, 4.69) is 5.10 Å². The van der Waals surface area contributed by atoms with E-state index in [1.165, 1.54) is 35.5 Å². The van der Waals surface area contributed by atoms with Gasteiger partial charge in [-0.25, -0.2) is 0 Å². The molecule has 2 N–H and O–H groups in total. The number of benzene rings is 1. The van der Waals surface area contributed by atoms with Gasteiger partial charge in [-0.05, 0) is 18.6 Å². The molecule has 1 aromatic carbocycles. The molecule has 104 valence electrons. The smallest absolute Gasteiger partial charge is 0.269 e. The van der Waals surface area contributed by atoms with Crippen molar-refractivity contribution in [1.82, 2.24) is 0 Å². The van der Waals surface area contributed by atoms with Crippen molar-refractivity contribution in [2.24, 2.45) is 11.0 Å². The summed E-state index contributed by atoms with van der Waals surface area (Å²) in [5.74, 6) is -0.741. The summed E-state index contributed by atoms with van der Waals surface area (Å²) in [6.07, 6.45) is 2.89. The van der Waals surface area contributed by atoms with E-state index in [9.17, 15) is 14.9 Å². The number of hydrogen-bond donors (Lipinski definition) is 1. The van der Waals surface area contributed by atoms with Crippen molar-refractivity contribution < 1.29 is 15.1 Å². The molecule has 0 saturated heterocycles. The molecule has 7 heteroatoms. The maximum Gasteiger partial charge on any atom is 0.269 e. The van der Waals surface area contributed by atoms with Gasteiger partial charge in [0.1, 0.15) is 0 Å². The molecule has 1 heterocycles. The lowest BCUT2D eigenvalue weighted by atomic mass is 10.0. The Morgan fingerprint density at radius 2 is 2.10 bits per heavy atom. The molecule has 1 aliphatic rings. The Kier molecular flexibility index (Phi) is 3.88. The van der Waals surface area contributed by atoms with Gasteiger partial charge in [-0.2, -0.15) is 10.1 Å². The fourth-order valence-corrected chi connectivity index (χ4v) is 2.07. The normalized spacial score (nSPS) is 18.1. The van der Waals surface area contributed by atoms with Gasteiger partial charge >= 0.3 is 0 Å². The number of non-ortho nitro benzene ring substituents is 1. The fourth-order valence-electron chi connectivity index (χ4n) is 2.07. The predicted octanol–water partition coefficient (Wildman–Crippen LogP) is 0.544. The molecule has 0 saturated carbocycles. The van der Waals surface area contributed by atoms with Crippen LogP contribution in [0.3, 0.4) is 0 Å². The highest BCUT2D eigenvalue weighted by Crippen LogP contribution is 2.26. The summed E-state index contributed by atoms with van der Waals surface area (Å²) < 4.78 is 0. The van der Waals surface area contributed by atoms with Crippen LogP contribution in [0.15, 0.2) is 29.4 Å². The van der Waals surface area contributed by atoms with Gasteiger partial charge in [0.25, 0.3) is 11.6 Å². The number of carbonyl (C=O) groups is 1. The van der Waals surface area contributed by atoms with Crippen molar-refractivity contribution in [3.63, 3.8) is 0 Å². The van der Waals surface area contributed by atoms with E-state index in [0.717, 1.165) is 12.1 Å². The highest BCUT2D eigenvalue weighted by molar-refractivity contribution is 6.23. The molecule has 1 amide bonds. The van der Waals surface area contributed by atoms with E-state index in [0.29, 0.717) is 12.1 Å². The van der Waals surface area contributed by atoms with Crippen LogP contribution in [0.4, 0.5) is 11.4 Å². The lowest BCUT2D eigenvalue weighted by Crippen LogP contribution is -2.40. The molecule has 1 aliphatic heterocycles. The van der Waals surface area contributed by atoms with Crippen LogP contribution >= 0.6 is 0 Å². The second-order valence-corrected chi connectivity index (χ2v) is 4.44. The number of amides is 1. The molecule has 2 rings (SSSR count). The molecule has 0 aromatic heterocycles. The van der Waals surface area contributed by atoms with Gasteiger partial charge in [0.2, 0.25) is 0 Å². The number of hydrazone groups is 1. The Bertz CT molecular complexity index is 580. The molecule has 0 aliphatic carbocycles. The molecular weight excluding hydrogens is 260 g/mol. The van der Waals surface area contributed by atoms with E-state index < -0.39 is 10.8 Å². The summed E-state index contributed by atoms with van der Waals surface area (Å²) in [7, 11) is 0. The number of anilines is 1. The Labute approximate surface area is 115 Å². The third-order valence-corrected chi connectivity index (χ3v) is 3.07. The quantitative estimate of drug-likeness (QED) is 0.482. The van der Waals surface area contributed by atoms with Crippen molar-refractivity contribution in [2.75, 3.05) is 5.01 Å². The summed E-state index contributed by atoms with van der Waals surface area (Å²) in [4.78, 5) is 22.3. The van der Waals surface area contributed by atoms with Gasteiger partial charge in [0.15, 0.2) is 12.1 Å². The summed E-state index contributed by atoms with van der Waals surface area (Å²) in [5.41, 5.74) is 1.19. The number of rotatable bonds is 5. The van der Waals surface area contributed by atoms with Gasteiger partial charge < -0.3 is 0 Å². The second-order valence-electron chi connectivity index (χ2n) is 4.44. The van der Waals surface area contributed by atoms with E-state index in [1.807, 2.05) is 6.92 Å². The third kappa shape index (κ3) is 2.42. The molecular formula is C13H15N4O3+. The largest absolute Gasteiger partial charge is 0.271 e. The minimum atomic E-state index is -0.509. The second kappa shape index (κ2) is 5.60. The van der Waals surface area contributed by atoms with E-state index in [1.54, 1.807) is 0 Å². The molecule has 0 fully saturated rings. The summed E-state index contributed by atoms with van der Waals surface area (Å²) >= 11 is 0. The van der Waals surface area contributed by atoms with Crippen LogP contribution < -0.4 is 10.4 Å². The molecule has 1 atom stereocenters. The first-order valence-corrected chi connectivity index (χ1v) is 6.29. The average molecular weight is 275 g/mol. The summed E-state index contributed by atoms with van der Waals surface area (Å²) in [5, 5.41) is 21.6. The van der Waals surface area contributed by atoms with Crippen molar-refractivity contribution in [3.8, 4) is 0 Å². The molecule has 0 bridgehead atoms. The van der Waals surface area contributed by atoms with Gasteiger partial charge in [0, 0.05) is 12.1 Å². The van der Waals surface area contributed by atoms with Crippen LogP contribution in [0.2, 0.25) is 0 Å². The topological polar surface area (TPSA) is 101 Å². The zero-order chi connectivity index (χ0) is 14.7. The Morgan fingerprint density at radius 3 is 2.60 bits per heavy atom. The molecule has 20 heavy (non-hydrogen) atoms. The Hall–Kier alpha value is -2.57. The number of hydrogen-bond acceptors (Lipinski definition) is 4. The Balaban J connectivity index is 2.30. The number of nitrogens with zero attached hydrogens (tertiary/aromatic N) is 3. The fraction of sp³-hybridized carbons (Fsp3) is 0.308. The van der Waals surface area contributed by atoms with Gasteiger partial charge in [-0.3, -0.25) is 20.3 Å². The van der Waals surface area contributed by atoms with Crippen LogP contribution in [0.25, 0.3) is 0 Å². The summed E-state index contributed by atoms with van der Waals surface area (Å²) in [6.45, 7) is 2.00. The standard InChI is InChI=1S/C13H14N4O3/c1-2-3-12-11(8-14)13(18)16(15-12)9-4-6-10(7-5-9)17(19)20/h4-8,11,14H,2-3H2,1H3/p+1/t11-/m1/s1. The number of nitro benzene ring substituents is 1. The van der Waals surface area contributed by atoms with Crippen LogP contribution in [-0.4, -0.2) is 22.8 Å². The molecule has 1 aromatic rings. The zero-order valence-electron chi connectivity index (χ0n) is 11.0. The van der Waals surface area contributed by atoms with E-state index >= 15 is 0 Å². The van der Waals surface area contributed by atoms with Gasteiger partial charge in [-0.15, -0.1) is 0 Å². The molecule has 0 unspecified atom stereocenters. The van der Waals surface area contributed by atoms with Crippen LogP contribution in [0.1, 0.15) is 19.8 Å². The van der Waals surface area contributed by atoms with Crippen LogP contribution in [-0.2, 0) is 4.79 Å². The summed E-state index contributed by atoms with van der Waals surface area (Å²) in [6, 6.07) is 5.69. The highest BCUT2D eigenvalue weighted by Gasteiger charge is 2.36. The first-order chi connectivity index (χ1) is 9.58. The van der Waals surface area contributed by atoms with Gasteiger partial charge in [0.05, 0.1) is 16.3 Å². The maximum absolute atomic E-state index is 12.2. The number of nitrogens with two attached hydrogens (primary N) is 1. The predicted molar refractivity (Wildman–Crippen MR) is 74.4 cm³/mol. The van der Waals surface area contributed by atoms with Gasteiger partial charge in [-0.1, -0.05) is 13.3 Å². The SMILES string of the molecule is CCCC1=NN(c2ccc([N+](=O)[O-])cc2)C(=O)[C@@H]1C=[NH2+]. The van der Waals surface area contributed by atoms with Crippen molar-refractivity contribution >= 4 is 29.2 Å². The third-order valence-electron chi connectivity index (χ3n) is 3.07. The maximum atomic E-state index is 12.2. The lowest BCUT2D eigenvalue weighted by Gasteiger charge is -2.11. The average Bonchev–Trinajstić information content (AvgIpc) is 2.75. The Morgan fingerprint density at radius 1 is 1.45 bits per heavy atom. The first kappa shape index (κ1) is 13.9. The number of nitro groups is 1. The monoisotopic (exact) mass is 275 g/mol. The van der Waals surface area contributed by atoms with Crippen molar-refractivity contribution in [2.45, 2.75) is 19.8 Å². The zero-order valence-corrected chi connectivity index (χ0v) is 11.0. The molecule has 7 nitrogen and oxygen atoms in total. The highest BCUT2D eigenvalue weighted by atomic mass is 16.6. The van der Waals surface area contributed by atoms with Crippen LogP contribution in [0.5, 0.6) is 0 Å². The minimum Gasteiger partial charge on any atom is -0.271 e. The molecule has 0 spiro atoms. The lowest BCUT2D eigenvalue weighted by molar-refractivity contribution is -0.384.